The summed E-state index contributed by atoms with van der Waals surface area (Å²) in [5.74, 6) is 0.912. The number of urea groups is 1. The molecule has 0 aliphatic carbocycles. The van der Waals surface area contributed by atoms with Crippen LogP contribution < -0.4 is 10.2 Å². The largest absolute Gasteiger partial charge is 0.401 e. The van der Waals surface area contributed by atoms with Crippen molar-refractivity contribution in [3.8, 4) is 0 Å². The van der Waals surface area contributed by atoms with Crippen LogP contribution in [0.4, 0.5) is 23.8 Å². The summed E-state index contributed by atoms with van der Waals surface area (Å²) in [7, 11) is 0. The molecule has 2 saturated heterocycles. The topological polar surface area (TPSA) is 51.7 Å². The highest BCUT2D eigenvalue weighted by molar-refractivity contribution is 5.74. The molecule has 2 aliphatic heterocycles. The molecule has 3 rings (SSSR count). The first-order chi connectivity index (χ1) is 13.4. The molecule has 2 amide bonds. The van der Waals surface area contributed by atoms with Crippen LogP contribution in [0.1, 0.15) is 31.2 Å². The second kappa shape index (κ2) is 9.45. The predicted molar refractivity (Wildman–Crippen MR) is 101 cm³/mol. The van der Waals surface area contributed by atoms with Gasteiger partial charge in [0.15, 0.2) is 0 Å². The quantitative estimate of drug-likeness (QED) is 0.846. The van der Waals surface area contributed by atoms with Gasteiger partial charge in [0, 0.05) is 57.6 Å². The Hall–Kier alpha value is -2.03. The molecule has 2 fully saturated rings. The van der Waals surface area contributed by atoms with E-state index in [1.54, 1.807) is 11.1 Å². The van der Waals surface area contributed by atoms with Crippen LogP contribution in [0, 0.1) is 0 Å². The average molecular weight is 399 g/mol. The van der Waals surface area contributed by atoms with Gasteiger partial charge in [-0.05, 0) is 31.7 Å². The number of pyridine rings is 1. The Morgan fingerprint density at radius 2 is 1.82 bits per heavy atom. The molecule has 3 heterocycles. The lowest BCUT2D eigenvalue weighted by Gasteiger charge is -2.29. The molecule has 0 atom stereocenters. The standard InChI is InChI=1S/C19H28F3N5O/c20-19(21,22)15-25-8-5-11-27(13-12-25)18(28)24-14-16-6-4-7-23-17(16)26-9-2-1-3-10-26/h4,6-7H,1-3,5,8-15H2,(H,24,28). The lowest BCUT2D eigenvalue weighted by molar-refractivity contribution is -0.145. The third kappa shape index (κ3) is 5.98. The predicted octanol–water partition coefficient (Wildman–Crippen LogP) is 2.85. The monoisotopic (exact) mass is 399 g/mol. The fraction of sp³-hybridized carbons (Fsp3) is 0.684. The van der Waals surface area contributed by atoms with Crippen molar-refractivity contribution in [3.05, 3.63) is 23.9 Å². The van der Waals surface area contributed by atoms with Crippen LogP contribution in [0.3, 0.4) is 0 Å². The van der Waals surface area contributed by atoms with Gasteiger partial charge < -0.3 is 15.1 Å². The molecule has 1 aromatic heterocycles. The summed E-state index contributed by atoms with van der Waals surface area (Å²) in [6.07, 6.45) is 1.61. The minimum absolute atomic E-state index is 0.234. The number of nitrogens with zero attached hydrogens (tertiary/aromatic N) is 4. The number of amides is 2. The van der Waals surface area contributed by atoms with Crippen LogP contribution in [0.25, 0.3) is 0 Å². The second-order valence-corrected chi connectivity index (χ2v) is 7.42. The Labute approximate surface area is 163 Å². The maximum absolute atomic E-state index is 12.6. The van der Waals surface area contributed by atoms with Crippen molar-refractivity contribution in [1.29, 1.82) is 0 Å². The number of halogens is 3. The Morgan fingerprint density at radius 1 is 1.04 bits per heavy atom. The normalized spacial score (nSPS) is 19.4. The van der Waals surface area contributed by atoms with Crippen molar-refractivity contribution in [2.45, 2.75) is 38.4 Å². The fourth-order valence-electron chi connectivity index (χ4n) is 3.83. The van der Waals surface area contributed by atoms with Crippen molar-refractivity contribution in [2.24, 2.45) is 0 Å². The molecule has 0 radical (unpaired) electrons. The van der Waals surface area contributed by atoms with Crippen molar-refractivity contribution in [1.82, 2.24) is 20.1 Å². The Bertz CT molecular complexity index is 649. The summed E-state index contributed by atoms with van der Waals surface area (Å²) in [5.41, 5.74) is 0.964. The van der Waals surface area contributed by atoms with Gasteiger partial charge >= 0.3 is 12.2 Å². The van der Waals surface area contributed by atoms with E-state index in [1.165, 1.54) is 11.3 Å². The zero-order chi connectivity index (χ0) is 20.0. The first kappa shape index (κ1) is 20.7. The molecule has 1 N–H and O–H groups in total. The maximum Gasteiger partial charge on any atom is 0.401 e. The number of aromatic nitrogens is 1. The highest BCUT2D eigenvalue weighted by Gasteiger charge is 2.31. The van der Waals surface area contributed by atoms with Crippen molar-refractivity contribution in [2.75, 3.05) is 50.7 Å². The van der Waals surface area contributed by atoms with Gasteiger partial charge in [-0.15, -0.1) is 0 Å². The minimum Gasteiger partial charge on any atom is -0.356 e. The van der Waals surface area contributed by atoms with Gasteiger partial charge in [-0.3, -0.25) is 4.90 Å². The minimum atomic E-state index is -4.21. The van der Waals surface area contributed by atoms with E-state index in [9.17, 15) is 18.0 Å². The van der Waals surface area contributed by atoms with E-state index in [4.69, 9.17) is 0 Å². The van der Waals surface area contributed by atoms with Gasteiger partial charge in [-0.2, -0.15) is 13.2 Å². The molecule has 0 bridgehead atoms. The highest BCUT2D eigenvalue weighted by Crippen LogP contribution is 2.22. The van der Waals surface area contributed by atoms with Crippen LogP contribution in [0.2, 0.25) is 0 Å². The van der Waals surface area contributed by atoms with Crippen molar-refractivity contribution < 1.29 is 18.0 Å². The van der Waals surface area contributed by atoms with Crippen LogP contribution >= 0.6 is 0 Å². The summed E-state index contributed by atoms with van der Waals surface area (Å²) in [5, 5.41) is 2.92. The number of alkyl halides is 3. The molecule has 0 spiro atoms. The van der Waals surface area contributed by atoms with Gasteiger partial charge in [0.05, 0.1) is 6.54 Å². The Kier molecular flexibility index (Phi) is 6.98. The van der Waals surface area contributed by atoms with Crippen LogP contribution in [0.15, 0.2) is 18.3 Å². The molecular weight excluding hydrogens is 371 g/mol. The van der Waals surface area contributed by atoms with Crippen LogP contribution in [-0.4, -0.2) is 72.8 Å². The molecule has 0 saturated carbocycles. The molecular formula is C19H28F3N5O. The number of piperidine rings is 1. The number of hydrogen-bond donors (Lipinski definition) is 1. The smallest absolute Gasteiger partial charge is 0.356 e. The third-order valence-electron chi connectivity index (χ3n) is 5.23. The van der Waals surface area contributed by atoms with Gasteiger partial charge in [-0.1, -0.05) is 6.07 Å². The third-order valence-corrected chi connectivity index (χ3v) is 5.23. The number of hydrogen-bond acceptors (Lipinski definition) is 4. The van der Waals surface area contributed by atoms with Crippen LogP contribution in [-0.2, 0) is 6.54 Å². The molecule has 1 aromatic rings. The first-order valence-corrected chi connectivity index (χ1v) is 9.93. The molecule has 2 aliphatic rings. The van der Waals surface area contributed by atoms with Crippen LogP contribution in [0.5, 0.6) is 0 Å². The molecule has 28 heavy (non-hydrogen) atoms. The number of carbonyl (C=O) groups excluding carboxylic acids is 1. The first-order valence-electron chi connectivity index (χ1n) is 9.93. The Morgan fingerprint density at radius 3 is 2.57 bits per heavy atom. The lowest BCUT2D eigenvalue weighted by atomic mass is 10.1. The molecule has 156 valence electrons. The van der Waals surface area contributed by atoms with E-state index >= 15 is 0 Å². The lowest BCUT2D eigenvalue weighted by Crippen LogP contribution is -2.42. The summed E-state index contributed by atoms with van der Waals surface area (Å²) in [6, 6.07) is 3.59. The summed E-state index contributed by atoms with van der Waals surface area (Å²) in [6.45, 7) is 2.74. The van der Waals surface area contributed by atoms with Crippen molar-refractivity contribution >= 4 is 11.8 Å². The fourth-order valence-corrected chi connectivity index (χ4v) is 3.83. The summed E-state index contributed by atoms with van der Waals surface area (Å²) < 4.78 is 37.8. The number of rotatable bonds is 4. The van der Waals surface area contributed by atoms with E-state index in [1.807, 2.05) is 12.1 Å². The number of anilines is 1. The van der Waals surface area contributed by atoms with Gasteiger partial charge in [0.2, 0.25) is 0 Å². The van der Waals surface area contributed by atoms with Gasteiger partial charge in [0.1, 0.15) is 5.82 Å². The zero-order valence-electron chi connectivity index (χ0n) is 16.0. The highest BCUT2D eigenvalue weighted by atomic mass is 19.4. The Balaban J connectivity index is 1.53. The molecule has 6 nitrogen and oxygen atoms in total. The zero-order valence-corrected chi connectivity index (χ0v) is 16.0. The maximum atomic E-state index is 12.6. The van der Waals surface area contributed by atoms with E-state index in [-0.39, 0.29) is 12.6 Å². The average Bonchev–Trinajstić information content (AvgIpc) is 2.91. The van der Waals surface area contributed by atoms with Gasteiger partial charge in [0.25, 0.3) is 0 Å². The van der Waals surface area contributed by atoms with E-state index in [0.29, 0.717) is 32.6 Å². The van der Waals surface area contributed by atoms with E-state index in [0.717, 1.165) is 37.3 Å². The number of carbonyl (C=O) groups is 1. The molecule has 0 unspecified atom stereocenters. The molecule has 9 heteroatoms. The summed E-state index contributed by atoms with van der Waals surface area (Å²) >= 11 is 0. The SMILES string of the molecule is O=C(NCc1cccnc1N1CCCCC1)N1CCCN(CC(F)(F)F)CC1. The number of nitrogens with one attached hydrogen (secondary N) is 1. The van der Waals surface area contributed by atoms with Gasteiger partial charge in [-0.25, -0.2) is 9.78 Å². The molecule has 0 aromatic carbocycles. The summed E-state index contributed by atoms with van der Waals surface area (Å²) in [4.78, 5) is 22.3. The van der Waals surface area contributed by atoms with Crippen molar-refractivity contribution in [3.63, 3.8) is 0 Å². The second-order valence-electron chi connectivity index (χ2n) is 7.42. The van der Waals surface area contributed by atoms with E-state index in [2.05, 4.69) is 15.2 Å². The van der Waals surface area contributed by atoms with E-state index < -0.39 is 12.7 Å².